The summed E-state index contributed by atoms with van der Waals surface area (Å²) >= 11 is 0. The number of anilines is 2. The van der Waals surface area contributed by atoms with Crippen molar-refractivity contribution in [2.24, 2.45) is 41.4 Å². The fourth-order valence-corrected chi connectivity index (χ4v) is 6.91. The normalized spacial score (nSPS) is 33.7. The van der Waals surface area contributed by atoms with Crippen molar-refractivity contribution in [1.29, 1.82) is 0 Å². The third-order valence-corrected chi connectivity index (χ3v) is 8.78. The highest BCUT2D eigenvalue weighted by molar-refractivity contribution is 6.22. The largest absolute Gasteiger partial charge is 0.426 e. The number of imide groups is 1. The van der Waals surface area contributed by atoms with E-state index in [9.17, 15) is 19.2 Å². The molecule has 0 N–H and O–H groups in total. The molecule has 2 heterocycles. The second kappa shape index (κ2) is 7.63. The number of carbonyl (C=O) groups excluding carboxylic acids is 4. The third-order valence-electron chi connectivity index (χ3n) is 8.78. The van der Waals surface area contributed by atoms with E-state index in [1.165, 1.54) is 4.90 Å². The van der Waals surface area contributed by atoms with Gasteiger partial charge in [-0.1, -0.05) is 29.8 Å². The molecular formula is C29H26N2O5. The van der Waals surface area contributed by atoms with Crippen molar-refractivity contribution in [1.82, 2.24) is 0 Å². The first-order valence-corrected chi connectivity index (χ1v) is 12.7. The van der Waals surface area contributed by atoms with E-state index in [1.807, 2.05) is 31.2 Å². The van der Waals surface area contributed by atoms with E-state index >= 15 is 0 Å². The van der Waals surface area contributed by atoms with Gasteiger partial charge in [-0.15, -0.1) is 0 Å². The van der Waals surface area contributed by atoms with Crippen LogP contribution in [0.5, 0.6) is 5.75 Å². The molecule has 3 amide bonds. The molecule has 7 nitrogen and oxygen atoms in total. The molecule has 0 aromatic heterocycles. The molecule has 0 unspecified atom stereocenters. The number of ether oxygens (including phenoxy) is 1. The van der Waals surface area contributed by atoms with Crippen LogP contribution in [0.1, 0.15) is 18.4 Å². The monoisotopic (exact) mass is 482 g/mol. The van der Waals surface area contributed by atoms with E-state index in [2.05, 4.69) is 12.2 Å². The maximum absolute atomic E-state index is 13.3. The van der Waals surface area contributed by atoms with Gasteiger partial charge in [0.15, 0.2) is 0 Å². The van der Waals surface area contributed by atoms with Crippen LogP contribution in [0.25, 0.3) is 0 Å². The van der Waals surface area contributed by atoms with Crippen molar-refractivity contribution in [3.05, 3.63) is 66.2 Å². The van der Waals surface area contributed by atoms with E-state index in [0.29, 0.717) is 23.3 Å². The Morgan fingerprint density at radius 2 is 1.42 bits per heavy atom. The van der Waals surface area contributed by atoms with Gasteiger partial charge in [-0.25, -0.2) is 0 Å². The van der Waals surface area contributed by atoms with Crippen LogP contribution in [0, 0.1) is 48.3 Å². The minimum atomic E-state index is -0.558. The second-order valence-corrected chi connectivity index (χ2v) is 10.8. The van der Waals surface area contributed by atoms with Gasteiger partial charge in [0, 0.05) is 18.7 Å². The molecule has 36 heavy (non-hydrogen) atoms. The molecule has 0 radical (unpaired) electrons. The first kappa shape index (κ1) is 21.5. The molecule has 6 aliphatic rings. The number of amides is 3. The molecule has 182 valence electrons. The Balaban J connectivity index is 1.03. The molecule has 2 aromatic rings. The summed E-state index contributed by atoms with van der Waals surface area (Å²) in [6, 6.07) is 14.1. The van der Waals surface area contributed by atoms with Crippen molar-refractivity contribution >= 4 is 35.1 Å². The Bertz CT molecular complexity index is 1290. The highest BCUT2D eigenvalue weighted by Crippen LogP contribution is 2.65. The standard InChI is InChI=1S/C29H26N2O5/c1-15-2-4-17(5-3-15)30-14-16(12-24(30)32)29(35)36-19-8-6-18(7-9-19)31-27(33)25-20-10-11-21(23-13-22(20)23)26(25)28(31)34/h2-11,16,20-23,25-26H,12-14H2,1H3/t16-,20+,21+,22+,23+,25-,26+/m1/s1. The van der Waals surface area contributed by atoms with E-state index in [-0.39, 0.29) is 54.4 Å². The summed E-state index contributed by atoms with van der Waals surface area (Å²) in [7, 11) is 0. The molecule has 7 atom stereocenters. The van der Waals surface area contributed by atoms with Crippen LogP contribution >= 0.6 is 0 Å². The van der Waals surface area contributed by atoms with Crippen LogP contribution in [0.4, 0.5) is 11.4 Å². The van der Waals surface area contributed by atoms with Gasteiger partial charge in [0.2, 0.25) is 17.7 Å². The van der Waals surface area contributed by atoms with E-state index < -0.39 is 11.9 Å². The topological polar surface area (TPSA) is 84.0 Å². The highest BCUT2D eigenvalue weighted by atomic mass is 16.5. The summed E-state index contributed by atoms with van der Waals surface area (Å²) in [6.07, 6.45) is 5.55. The van der Waals surface area contributed by atoms with Gasteiger partial charge < -0.3 is 9.64 Å². The average Bonchev–Trinajstić information content (AvgIpc) is 3.56. The van der Waals surface area contributed by atoms with Crippen LogP contribution < -0.4 is 14.5 Å². The minimum Gasteiger partial charge on any atom is -0.426 e. The fraction of sp³-hybridized carbons (Fsp3) is 0.379. The first-order valence-electron chi connectivity index (χ1n) is 12.7. The van der Waals surface area contributed by atoms with Gasteiger partial charge in [0.25, 0.3) is 0 Å². The van der Waals surface area contributed by atoms with E-state index in [1.54, 1.807) is 29.2 Å². The lowest BCUT2D eigenvalue weighted by atomic mass is 9.63. The third kappa shape index (κ3) is 3.11. The van der Waals surface area contributed by atoms with Gasteiger partial charge in [0.1, 0.15) is 5.75 Å². The maximum Gasteiger partial charge on any atom is 0.316 e. The quantitative estimate of drug-likeness (QED) is 0.288. The first-order chi connectivity index (χ1) is 17.4. The van der Waals surface area contributed by atoms with Crippen LogP contribution in [0.2, 0.25) is 0 Å². The number of benzene rings is 2. The van der Waals surface area contributed by atoms with Gasteiger partial charge in [-0.05, 0) is 73.4 Å². The Morgan fingerprint density at radius 3 is 2.03 bits per heavy atom. The van der Waals surface area contributed by atoms with Crippen molar-refractivity contribution in [2.75, 3.05) is 16.3 Å². The van der Waals surface area contributed by atoms with Crippen molar-refractivity contribution < 1.29 is 23.9 Å². The number of aryl methyl sites for hydroxylation is 1. The summed E-state index contributed by atoms with van der Waals surface area (Å²) in [5, 5.41) is 0. The summed E-state index contributed by atoms with van der Waals surface area (Å²) in [6.45, 7) is 2.25. The number of hydrogen-bond acceptors (Lipinski definition) is 5. The molecule has 2 saturated heterocycles. The van der Waals surface area contributed by atoms with Gasteiger partial charge in [-0.2, -0.15) is 0 Å². The summed E-state index contributed by atoms with van der Waals surface area (Å²) in [4.78, 5) is 54.8. The lowest BCUT2D eigenvalue weighted by Gasteiger charge is -2.37. The molecule has 2 aromatic carbocycles. The van der Waals surface area contributed by atoms with Crippen LogP contribution in [-0.2, 0) is 19.2 Å². The Hall–Kier alpha value is -3.74. The summed E-state index contributed by atoms with van der Waals surface area (Å²) in [5.74, 6) is -0.0387. The lowest BCUT2D eigenvalue weighted by Crippen LogP contribution is -2.40. The van der Waals surface area contributed by atoms with Gasteiger partial charge in [-0.3, -0.25) is 24.1 Å². The summed E-state index contributed by atoms with van der Waals surface area (Å²) in [5.41, 5.74) is 2.38. The fourth-order valence-electron chi connectivity index (χ4n) is 6.91. The Morgan fingerprint density at radius 1 is 0.833 bits per heavy atom. The van der Waals surface area contributed by atoms with Gasteiger partial charge >= 0.3 is 5.97 Å². The predicted molar refractivity (Wildman–Crippen MR) is 131 cm³/mol. The molecule has 8 rings (SSSR count). The van der Waals surface area contributed by atoms with Crippen LogP contribution in [-0.4, -0.2) is 30.2 Å². The zero-order valence-corrected chi connectivity index (χ0v) is 19.9. The van der Waals surface area contributed by atoms with E-state index in [4.69, 9.17) is 4.74 Å². The number of esters is 1. The smallest absolute Gasteiger partial charge is 0.316 e. The van der Waals surface area contributed by atoms with Crippen LogP contribution in [0.3, 0.4) is 0 Å². The van der Waals surface area contributed by atoms with E-state index in [0.717, 1.165) is 17.7 Å². The Labute approximate surface area is 208 Å². The lowest BCUT2D eigenvalue weighted by molar-refractivity contribution is -0.139. The number of rotatable bonds is 4. The minimum absolute atomic E-state index is 0.0999. The maximum atomic E-state index is 13.3. The zero-order valence-electron chi connectivity index (χ0n) is 19.9. The Kier molecular flexibility index (Phi) is 4.56. The SMILES string of the molecule is Cc1ccc(N2C[C@H](C(=O)Oc3ccc(N4C(=O)[C@@H]5[C@H]6C=C[C@@H]([C@@H]7C[C@@H]67)[C@@H]5C4=O)cc3)CC2=O)cc1. The molecule has 0 spiro atoms. The number of allylic oxidation sites excluding steroid dienone is 2. The van der Waals surface area contributed by atoms with Crippen molar-refractivity contribution in [3.8, 4) is 5.75 Å². The molecule has 2 bridgehead atoms. The average molecular weight is 483 g/mol. The molecule has 2 saturated carbocycles. The van der Waals surface area contributed by atoms with Gasteiger partial charge in [0.05, 0.1) is 23.4 Å². The predicted octanol–water partition coefficient (Wildman–Crippen LogP) is 3.51. The highest BCUT2D eigenvalue weighted by Gasteiger charge is 2.67. The van der Waals surface area contributed by atoms with Crippen molar-refractivity contribution in [3.63, 3.8) is 0 Å². The molecule has 4 fully saturated rings. The second-order valence-electron chi connectivity index (χ2n) is 10.8. The zero-order chi connectivity index (χ0) is 24.7. The molecule has 4 aliphatic carbocycles. The van der Waals surface area contributed by atoms with Crippen LogP contribution in [0.15, 0.2) is 60.7 Å². The number of carbonyl (C=O) groups is 4. The summed E-state index contributed by atoms with van der Waals surface area (Å²) < 4.78 is 5.56. The molecular weight excluding hydrogens is 456 g/mol. The molecule has 2 aliphatic heterocycles. The number of hydrogen-bond donors (Lipinski definition) is 0. The molecule has 7 heteroatoms. The van der Waals surface area contributed by atoms with Crippen molar-refractivity contribution in [2.45, 2.75) is 19.8 Å². The number of nitrogens with zero attached hydrogens (tertiary/aromatic N) is 2.